The zero-order valence-corrected chi connectivity index (χ0v) is 17.4. The van der Waals surface area contributed by atoms with Crippen LogP contribution in [0.2, 0.25) is 0 Å². The molecule has 0 saturated carbocycles. The maximum Gasteiger partial charge on any atom is 0.416 e. The Hall–Kier alpha value is -3.14. The summed E-state index contributed by atoms with van der Waals surface area (Å²) in [6, 6.07) is 8.21. The average molecular weight is 454 g/mol. The van der Waals surface area contributed by atoms with Gasteiger partial charge in [0.25, 0.3) is 0 Å². The van der Waals surface area contributed by atoms with Crippen molar-refractivity contribution in [3.63, 3.8) is 0 Å². The largest absolute Gasteiger partial charge is 0.492 e. The Labute approximate surface area is 178 Å². The highest BCUT2D eigenvalue weighted by molar-refractivity contribution is 7.09. The first-order valence-corrected chi connectivity index (χ1v) is 10.0. The monoisotopic (exact) mass is 454 g/mol. The molecule has 3 aromatic rings. The van der Waals surface area contributed by atoms with Gasteiger partial charge in [-0.2, -0.15) is 13.2 Å². The molecule has 1 aromatic heterocycles. The lowest BCUT2D eigenvalue weighted by atomic mass is 10.1. The Bertz CT molecular complexity index is 1150. The van der Waals surface area contributed by atoms with Crippen LogP contribution in [0.4, 0.5) is 23.2 Å². The van der Waals surface area contributed by atoms with Crippen LogP contribution in [-0.2, 0) is 17.5 Å². The van der Waals surface area contributed by atoms with Gasteiger partial charge >= 0.3 is 11.0 Å². The second-order valence-electron chi connectivity index (χ2n) is 6.56. The molecule has 0 spiro atoms. The lowest BCUT2D eigenvalue weighted by Gasteiger charge is -2.15. The molecule has 31 heavy (non-hydrogen) atoms. The molecule has 0 aliphatic heterocycles. The average Bonchev–Trinajstić information content (AvgIpc) is 2.96. The number of carbonyl (C=O) groups excluding carboxylic acids is 1. The molecule has 0 fully saturated rings. The fourth-order valence-electron chi connectivity index (χ4n) is 3.04. The first-order valence-electron chi connectivity index (χ1n) is 9.20. The summed E-state index contributed by atoms with van der Waals surface area (Å²) in [4.78, 5) is 25.2. The summed E-state index contributed by atoms with van der Waals surface area (Å²) in [6.45, 7) is 3.11. The number of hydrogen-bond donors (Lipinski definition) is 1. The van der Waals surface area contributed by atoms with Crippen molar-refractivity contribution in [1.82, 2.24) is 4.57 Å². The van der Waals surface area contributed by atoms with E-state index >= 15 is 0 Å². The second-order valence-corrected chi connectivity index (χ2v) is 7.72. The smallest absolute Gasteiger partial charge is 0.416 e. The number of ether oxygens (including phenoxy) is 1. The van der Waals surface area contributed by atoms with Gasteiger partial charge in [-0.1, -0.05) is 11.3 Å². The number of nitrogens with one attached hydrogen (secondary N) is 1. The van der Waals surface area contributed by atoms with Gasteiger partial charge in [0.15, 0.2) is 0 Å². The molecule has 0 atom stereocenters. The van der Waals surface area contributed by atoms with Crippen LogP contribution in [-0.4, -0.2) is 17.1 Å². The molecular formula is C21H18F4N2O3S. The van der Waals surface area contributed by atoms with Crippen LogP contribution in [0.25, 0.3) is 11.3 Å². The molecule has 0 radical (unpaired) electrons. The molecule has 0 saturated heterocycles. The Kier molecular flexibility index (Phi) is 6.49. The Balaban J connectivity index is 1.91. The highest BCUT2D eigenvalue weighted by atomic mass is 32.1. The minimum Gasteiger partial charge on any atom is -0.492 e. The van der Waals surface area contributed by atoms with E-state index in [4.69, 9.17) is 4.74 Å². The normalized spacial score (nSPS) is 11.4. The molecule has 5 nitrogen and oxygen atoms in total. The first kappa shape index (κ1) is 22.5. The van der Waals surface area contributed by atoms with E-state index in [9.17, 15) is 27.2 Å². The lowest BCUT2D eigenvalue weighted by Crippen LogP contribution is -2.25. The van der Waals surface area contributed by atoms with Crippen LogP contribution in [0.5, 0.6) is 5.75 Å². The van der Waals surface area contributed by atoms with E-state index < -0.39 is 34.9 Å². The molecular weight excluding hydrogens is 436 g/mol. The van der Waals surface area contributed by atoms with Gasteiger partial charge < -0.3 is 10.1 Å². The molecule has 1 N–H and O–H groups in total. The quantitative estimate of drug-likeness (QED) is 0.529. The number of halogens is 4. The van der Waals surface area contributed by atoms with E-state index in [1.807, 2.05) is 0 Å². The minimum absolute atomic E-state index is 0.0801. The van der Waals surface area contributed by atoms with Gasteiger partial charge in [0.05, 0.1) is 23.6 Å². The predicted molar refractivity (Wildman–Crippen MR) is 110 cm³/mol. The summed E-state index contributed by atoms with van der Waals surface area (Å²) in [5.74, 6) is -1.07. The number of aromatic nitrogens is 1. The van der Waals surface area contributed by atoms with E-state index in [1.54, 1.807) is 13.8 Å². The molecule has 1 amide bonds. The Morgan fingerprint density at radius 3 is 2.45 bits per heavy atom. The van der Waals surface area contributed by atoms with Crippen LogP contribution in [0.1, 0.15) is 17.4 Å². The topological polar surface area (TPSA) is 60.3 Å². The molecule has 2 aromatic carbocycles. The summed E-state index contributed by atoms with van der Waals surface area (Å²) in [7, 11) is 0. The number of aryl methyl sites for hydroxylation is 1. The molecule has 0 unspecified atom stereocenters. The minimum atomic E-state index is -4.60. The van der Waals surface area contributed by atoms with Crippen LogP contribution in [0, 0.1) is 12.7 Å². The molecule has 1 heterocycles. The summed E-state index contributed by atoms with van der Waals surface area (Å²) in [5, 5.41) is 2.40. The van der Waals surface area contributed by atoms with Crippen molar-refractivity contribution in [2.24, 2.45) is 0 Å². The maximum atomic E-state index is 13.3. The van der Waals surface area contributed by atoms with Gasteiger partial charge in [-0.25, -0.2) is 4.39 Å². The van der Waals surface area contributed by atoms with Gasteiger partial charge in [0, 0.05) is 4.88 Å². The molecule has 0 aliphatic carbocycles. The number of nitrogens with zero attached hydrogens (tertiary/aromatic N) is 1. The Morgan fingerprint density at radius 1 is 1.16 bits per heavy atom. The van der Waals surface area contributed by atoms with Crippen molar-refractivity contribution in [1.29, 1.82) is 0 Å². The van der Waals surface area contributed by atoms with E-state index in [0.717, 1.165) is 29.5 Å². The fraction of sp³-hybridized carbons (Fsp3) is 0.238. The van der Waals surface area contributed by atoms with Crippen molar-refractivity contribution in [2.45, 2.75) is 26.6 Å². The number of amides is 1. The van der Waals surface area contributed by atoms with Crippen molar-refractivity contribution in [2.75, 3.05) is 11.9 Å². The van der Waals surface area contributed by atoms with Crippen molar-refractivity contribution in [3.8, 4) is 17.0 Å². The van der Waals surface area contributed by atoms with Crippen molar-refractivity contribution < 1.29 is 27.1 Å². The number of carbonyl (C=O) groups is 1. The standard InChI is InChI=1S/C21H18F4N2O3S/c1-3-30-17-9-6-14(21(23,24)25)10-16(17)26-18(28)11-27-19(12(2)31-20(27)29)13-4-7-15(22)8-5-13/h4-10H,3,11H2,1-2H3,(H,26,28). The molecule has 10 heteroatoms. The fourth-order valence-corrected chi connectivity index (χ4v) is 3.90. The maximum absolute atomic E-state index is 13.3. The summed E-state index contributed by atoms with van der Waals surface area (Å²) in [6.07, 6.45) is -4.60. The predicted octanol–water partition coefficient (Wildman–Crippen LogP) is 5.08. The number of alkyl halides is 3. The first-order chi connectivity index (χ1) is 14.6. The van der Waals surface area contributed by atoms with E-state index in [1.165, 1.54) is 28.8 Å². The zero-order valence-electron chi connectivity index (χ0n) is 16.5. The van der Waals surface area contributed by atoms with Gasteiger partial charge in [-0.05, 0) is 61.9 Å². The van der Waals surface area contributed by atoms with E-state index in [0.29, 0.717) is 16.1 Å². The number of thiazole rings is 1. The van der Waals surface area contributed by atoms with Gasteiger partial charge in [-0.3, -0.25) is 14.2 Å². The van der Waals surface area contributed by atoms with Crippen molar-refractivity contribution >= 4 is 22.9 Å². The Morgan fingerprint density at radius 2 is 1.84 bits per heavy atom. The third kappa shape index (κ3) is 5.13. The zero-order chi connectivity index (χ0) is 22.8. The van der Waals surface area contributed by atoms with Crippen LogP contribution in [0.15, 0.2) is 47.3 Å². The van der Waals surface area contributed by atoms with Gasteiger partial charge in [0.1, 0.15) is 18.1 Å². The summed E-state index contributed by atoms with van der Waals surface area (Å²) in [5.41, 5.74) is -0.106. The molecule has 0 aliphatic rings. The lowest BCUT2D eigenvalue weighted by molar-refractivity contribution is -0.137. The van der Waals surface area contributed by atoms with Crippen molar-refractivity contribution in [3.05, 3.63) is 68.4 Å². The second kappa shape index (κ2) is 8.93. The SMILES string of the molecule is CCOc1ccc(C(F)(F)F)cc1NC(=O)Cn1c(-c2ccc(F)cc2)c(C)sc1=O. The number of anilines is 1. The third-order valence-electron chi connectivity index (χ3n) is 4.36. The summed E-state index contributed by atoms with van der Waals surface area (Å²) < 4.78 is 59.0. The van der Waals surface area contributed by atoms with Crippen LogP contribution in [0.3, 0.4) is 0 Å². The number of rotatable bonds is 6. The number of hydrogen-bond acceptors (Lipinski definition) is 4. The highest BCUT2D eigenvalue weighted by Crippen LogP contribution is 2.35. The van der Waals surface area contributed by atoms with E-state index in [-0.39, 0.29) is 18.0 Å². The highest BCUT2D eigenvalue weighted by Gasteiger charge is 2.31. The summed E-state index contributed by atoms with van der Waals surface area (Å²) >= 11 is 0.920. The van der Waals surface area contributed by atoms with E-state index in [2.05, 4.69) is 5.32 Å². The molecule has 164 valence electrons. The van der Waals surface area contributed by atoms with Gasteiger partial charge in [-0.15, -0.1) is 0 Å². The number of benzene rings is 2. The molecule has 3 rings (SSSR count). The van der Waals surface area contributed by atoms with Crippen LogP contribution < -0.4 is 14.9 Å². The van der Waals surface area contributed by atoms with Crippen LogP contribution >= 0.6 is 11.3 Å². The molecule has 0 bridgehead atoms. The third-order valence-corrected chi connectivity index (χ3v) is 5.26. The van der Waals surface area contributed by atoms with Gasteiger partial charge in [0.2, 0.25) is 5.91 Å².